The monoisotopic (exact) mass is 256 g/mol. The molecule has 3 atom stereocenters. The summed E-state index contributed by atoms with van der Waals surface area (Å²) < 4.78 is 0. The average molecular weight is 256 g/mol. The van der Waals surface area contributed by atoms with Gasteiger partial charge in [0.05, 0.1) is 11.8 Å². The van der Waals surface area contributed by atoms with Crippen LogP contribution in [-0.4, -0.2) is 47.9 Å². The molecule has 1 unspecified atom stereocenters. The van der Waals surface area contributed by atoms with Gasteiger partial charge in [0.15, 0.2) is 0 Å². The van der Waals surface area contributed by atoms with E-state index in [1.807, 2.05) is 0 Å². The number of carbonyl (C=O) groups is 3. The van der Waals surface area contributed by atoms with E-state index in [2.05, 4.69) is 5.32 Å². The van der Waals surface area contributed by atoms with Crippen molar-refractivity contribution >= 4 is 17.8 Å². The van der Waals surface area contributed by atoms with Gasteiger partial charge < -0.3 is 15.3 Å². The molecule has 6 heteroatoms. The zero-order valence-electron chi connectivity index (χ0n) is 11.0. The van der Waals surface area contributed by atoms with Crippen LogP contribution in [-0.2, 0) is 14.4 Å². The number of aliphatic carboxylic acids is 1. The second-order valence-corrected chi connectivity index (χ2v) is 4.95. The quantitative estimate of drug-likeness (QED) is 0.745. The number of amides is 2. The fourth-order valence-corrected chi connectivity index (χ4v) is 2.34. The largest absolute Gasteiger partial charge is 0.481 e. The number of hydrogen-bond donors (Lipinski definition) is 2. The summed E-state index contributed by atoms with van der Waals surface area (Å²) in [7, 11) is 3.22. The van der Waals surface area contributed by atoms with Crippen LogP contribution in [0.2, 0.25) is 0 Å². The van der Waals surface area contributed by atoms with Gasteiger partial charge in [-0.1, -0.05) is 6.42 Å². The number of hydrogen-bond acceptors (Lipinski definition) is 3. The van der Waals surface area contributed by atoms with Crippen molar-refractivity contribution in [3.05, 3.63) is 0 Å². The Morgan fingerprint density at radius 3 is 2.28 bits per heavy atom. The SMILES string of the molecule is CC(NC(=O)[C@@H]1CCC[C@@H]1C(=O)O)C(=O)N(C)C. The molecule has 0 radical (unpaired) electrons. The Labute approximate surface area is 106 Å². The molecule has 0 saturated heterocycles. The molecular formula is C12H20N2O4. The predicted molar refractivity (Wildman–Crippen MR) is 64.8 cm³/mol. The van der Waals surface area contributed by atoms with Gasteiger partial charge in [0.1, 0.15) is 6.04 Å². The standard InChI is InChI=1S/C12H20N2O4/c1-7(11(16)14(2)3)13-10(15)8-5-4-6-9(8)12(17)18/h7-9H,4-6H2,1-3H3,(H,13,15)(H,17,18)/t7?,8-,9+/m1/s1. The summed E-state index contributed by atoms with van der Waals surface area (Å²) in [6.07, 6.45) is 1.85. The smallest absolute Gasteiger partial charge is 0.307 e. The van der Waals surface area contributed by atoms with Gasteiger partial charge in [0.2, 0.25) is 11.8 Å². The molecule has 1 aliphatic carbocycles. The van der Waals surface area contributed by atoms with Gasteiger partial charge in [-0.15, -0.1) is 0 Å². The summed E-state index contributed by atoms with van der Waals surface area (Å²) in [6, 6.07) is -0.623. The molecule has 0 aromatic heterocycles. The van der Waals surface area contributed by atoms with Crippen LogP contribution in [0.1, 0.15) is 26.2 Å². The van der Waals surface area contributed by atoms with Crippen molar-refractivity contribution < 1.29 is 19.5 Å². The van der Waals surface area contributed by atoms with Crippen LogP contribution in [0, 0.1) is 11.8 Å². The van der Waals surface area contributed by atoms with E-state index in [1.165, 1.54) is 4.90 Å². The fourth-order valence-electron chi connectivity index (χ4n) is 2.34. The molecule has 0 spiro atoms. The minimum absolute atomic E-state index is 0.201. The van der Waals surface area contributed by atoms with Crippen molar-refractivity contribution in [2.45, 2.75) is 32.2 Å². The molecule has 6 nitrogen and oxygen atoms in total. The summed E-state index contributed by atoms with van der Waals surface area (Å²) >= 11 is 0. The van der Waals surface area contributed by atoms with Crippen LogP contribution in [0.25, 0.3) is 0 Å². The van der Waals surface area contributed by atoms with Crippen LogP contribution in [0.3, 0.4) is 0 Å². The zero-order chi connectivity index (χ0) is 13.9. The Hall–Kier alpha value is -1.59. The van der Waals surface area contributed by atoms with Crippen molar-refractivity contribution in [1.29, 1.82) is 0 Å². The van der Waals surface area contributed by atoms with Crippen molar-refractivity contribution in [2.75, 3.05) is 14.1 Å². The van der Waals surface area contributed by atoms with Crippen LogP contribution in [0.5, 0.6) is 0 Å². The molecular weight excluding hydrogens is 236 g/mol. The second-order valence-electron chi connectivity index (χ2n) is 4.95. The Morgan fingerprint density at radius 1 is 1.22 bits per heavy atom. The lowest BCUT2D eigenvalue weighted by atomic mass is 9.95. The van der Waals surface area contributed by atoms with Crippen LogP contribution in [0.4, 0.5) is 0 Å². The molecule has 0 aromatic rings. The first-order valence-electron chi connectivity index (χ1n) is 6.09. The highest BCUT2D eigenvalue weighted by Gasteiger charge is 2.38. The number of carboxylic acids is 1. The minimum atomic E-state index is -0.931. The van der Waals surface area contributed by atoms with Crippen molar-refractivity contribution in [1.82, 2.24) is 10.2 Å². The first kappa shape index (κ1) is 14.5. The zero-order valence-corrected chi connectivity index (χ0v) is 11.0. The van der Waals surface area contributed by atoms with Gasteiger partial charge in [-0.05, 0) is 19.8 Å². The van der Waals surface area contributed by atoms with Gasteiger partial charge in [0, 0.05) is 14.1 Å². The molecule has 2 amide bonds. The lowest BCUT2D eigenvalue weighted by molar-refractivity contribution is -0.146. The van der Waals surface area contributed by atoms with Gasteiger partial charge in [-0.3, -0.25) is 14.4 Å². The second kappa shape index (κ2) is 5.84. The van der Waals surface area contributed by atoms with Gasteiger partial charge in [-0.2, -0.15) is 0 Å². The number of rotatable bonds is 4. The molecule has 0 heterocycles. The van der Waals surface area contributed by atoms with Gasteiger partial charge in [-0.25, -0.2) is 0 Å². The van der Waals surface area contributed by atoms with Crippen LogP contribution >= 0.6 is 0 Å². The highest BCUT2D eigenvalue weighted by molar-refractivity contribution is 5.90. The van der Waals surface area contributed by atoms with E-state index in [9.17, 15) is 14.4 Å². The van der Waals surface area contributed by atoms with Crippen molar-refractivity contribution in [3.8, 4) is 0 Å². The number of nitrogens with zero attached hydrogens (tertiary/aromatic N) is 1. The lowest BCUT2D eigenvalue weighted by Crippen LogP contribution is -2.47. The summed E-state index contributed by atoms with van der Waals surface area (Å²) in [5.74, 6) is -2.60. The summed E-state index contributed by atoms with van der Waals surface area (Å²) in [5, 5.41) is 11.6. The summed E-state index contributed by atoms with van der Waals surface area (Å²) in [5.41, 5.74) is 0. The average Bonchev–Trinajstić information content (AvgIpc) is 2.76. The Balaban J connectivity index is 2.60. The van der Waals surface area contributed by atoms with E-state index in [4.69, 9.17) is 5.11 Å². The van der Waals surface area contributed by atoms with E-state index in [0.717, 1.165) is 6.42 Å². The topological polar surface area (TPSA) is 86.7 Å². The van der Waals surface area contributed by atoms with Gasteiger partial charge in [0.25, 0.3) is 0 Å². The third kappa shape index (κ3) is 3.21. The summed E-state index contributed by atoms with van der Waals surface area (Å²) in [6.45, 7) is 1.60. The Bertz CT molecular complexity index is 354. The van der Waals surface area contributed by atoms with Gasteiger partial charge >= 0.3 is 5.97 Å². The van der Waals surface area contributed by atoms with E-state index in [0.29, 0.717) is 12.8 Å². The third-order valence-corrected chi connectivity index (χ3v) is 3.34. The predicted octanol–water partition coefficient (Wildman–Crippen LogP) is 0.0802. The number of carbonyl (C=O) groups excluding carboxylic acids is 2. The molecule has 2 N–H and O–H groups in total. The molecule has 18 heavy (non-hydrogen) atoms. The molecule has 1 aliphatic rings. The molecule has 0 aliphatic heterocycles. The highest BCUT2D eigenvalue weighted by Crippen LogP contribution is 2.32. The molecule has 0 aromatic carbocycles. The molecule has 1 rings (SSSR count). The van der Waals surface area contributed by atoms with E-state index in [1.54, 1.807) is 21.0 Å². The Kier molecular flexibility index (Phi) is 4.69. The van der Waals surface area contributed by atoms with Crippen LogP contribution < -0.4 is 5.32 Å². The Morgan fingerprint density at radius 2 is 1.78 bits per heavy atom. The van der Waals surface area contributed by atoms with Crippen LogP contribution in [0.15, 0.2) is 0 Å². The molecule has 0 bridgehead atoms. The minimum Gasteiger partial charge on any atom is -0.481 e. The normalized spacial score (nSPS) is 24.4. The number of likely N-dealkylation sites (N-methyl/N-ethyl adjacent to an activating group) is 1. The summed E-state index contributed by atoms with van der Waals surface area (Å²) in [4.78, 5) is 35.9. The number of carboxylic acid groups (broad SMARTS) is 1. The number of nitrogens with one attached hydrogen (secondary N) is 1. The maximum atomic E-state index is 12.0. The molecule has 1 fully saturated rings. The van der Waals surface area contributed by atoms with E-state index < -0.39 is 23.8 Å². The lowest BCUT2D eigenvalue weighted by Gasteiger charge is -2.21. The van der Waals surface area contributed by atoms with E-state index >= 15 is 0 Å². The van der Waals surface area contributed by atoms with E-state index in [-0.39, 0.29) is 11.8 Å². The first-order valence-corrected chi connectivity index (χ1v) is 6.09. The third-order valence-electron chi connectivity index (χ3n) is 3.34. The van der Waals surface area contributed by atoms with Crippen molar-refractivity contribution in [3.63, 3.8) is 0 Å². The first-order chi connectivity index (χ1) is 8.34. The molecule has 1 saturated carbocycles. The molecule has 102 valence electrons. The fraction of sp³-hybridized carbons (Fsp3) is 0.750. The maximum absolute atomic E-state index is 12.0. The highest BCUT2D eigenvalue weighted by atomic mass is 16.4. The maximum Gasteiger partial charge on any atom is 0.307 e. The van der Waals surface area contributed by atoms with Crippen molar-refractivity contribution in [2.24, 2.45) is 11.8 Å².